The lowest BCUT2D eigenvalue weighted by Crippen LogP contribution is -2.13. The zero-order valence-corrected chi connectivity index (χ0v) is 13.2. The van der Waals surface area contributed by atoms with Crippen LogP contribution in [-0.4, -0.2) is 0 Å². The molecule has 3 aromatic rings. The number of fused-ring (bicyclic) bond motifs is 1. The minimum absolute atomic E-state index is 0.248. The minimum atomic E-state index is -0.350. The molecule has 3 rings (SSSR count). The molecule has 0 fully saturated rings. The number of hydrogen-bond acceptors (Lipinski definition) is 1. The summed E-state index contributed by atoms with van der Waals surface area (Å²) in [6.45, 7) is 1.87. The molecule has 3 aromatic carbocycles. The Balaban J connectivity index is 2.18. The van der Waals surface area contributed by atoms with Crippen LogP contribution in [0.15, 0.2) is 59.1 Å². The van der Waals surface area contributed by atoms with Crippen molar-refractivity contribution in [3.63, 3.8) is 0 Å². The van der Waals surface area contributed by atoms with Gasteiger partial charge < -0.3 is 5.73 Å². The maximum absolute atomic E-state index is 13.6. The van der Waals surface area contributed by atoms with Crippen LogP contribution in [0.25, 0.3) is 10.8 Å². The van der Waals surface area contributed by atoms with Crippen molar-refractivity contribution >= 4 is 26.7 Å². The molecule has 0 amide bonds. The molecule has 1 unspecified atom stereocenters. The summed E-state index contributed by atoms with van der Waals surface area (Å²) in [5, 5.41) is 2.19. The highest BCUT2D eigenvalue weighted by Gasteiger charge is 2.14. The first kappa shape index (κ1) is 14.2. The molecule has 21 heavy (non-hydrogen) atoms. The summed E-state index contributed by atoms with van der Waals surface area (Å²) >= 11 is 3.56. The Hall–Kier alpha value is -1.71. The zero-order valence-electron chi connectivity index (χ0n) is 11.6. The van der Waals surface area contributed by atoms with Crippen molar-refractivity contribution in [2.45, 2.75) is 13.0 Å². The molecule has 106 valence electrons. The summed E-state index contributed by atoms with van der Waals surface area (Å²) in [6.07, 6.45) is 0. The smallest absolute Gasteiger partial charge is 0.123 e. The van der Waals surface area contributed by atoms with E-state index < -0.39 is 0 Å². The van der Waals surface area contributed by atoms with Gasteiger partial charge in [-0.05, 0) is 52.6 Å². The number of rotatable bonds is 2. The maximum Gasteiger partial charge on any atom is 0.123 e. The lowest BCUT2D eigenvalue weighted by Gasteiger charge is -2.17. The van der Waals surface area contributed by atoms with Gasteiger partial charge in [-0.3, -0.25) is 0 Å². The Morgan fingerprint density at radius 2 is 1.71 bits per heavy atom. The van der Waals surface area contributed by atoms with Crippen molar-refractivity contribution in [3.05, 3.63) is 81.6 Å². The van der Waals surface area contributed by atoms with Gasteiger partial charge in [-0.25, -0.2) is 4.39 Å². The summed E-state index contributed by atoms with van der Waals surface area (Å²) in [4.78, 5) is 0. The van der Waals surface area contributed by atoms with Gasteiger partial charge in [-0.15, -0.1) is 0 Å². The molecule has 0 spiro atoms. The van der Waals surface area contributed by atoms with Crippen LogP contribution >= 0.6 is 15.9 Å². The van der Waals surface area contributed by atoms with Crippen LogP contribution < -0.4 is 5.73 Å². The second-order valence-electron chi connectivity index (χ2n) is 5.22. The molecule has 0 radical (unpaired) electrons. The lowest BCUT2D eigenvalue weighted by atomic mass is 9.93. The Morgan fingerprint density at radius 1 is 1.00 bits per heavy atom. The first-order valence-corrected chi connectivity index (χ1v) is 7.55. The highest BCUT2D eigenvalue weighted by molar-refractivity contribution is 9.10. The van der Waals surface area contributed by atoms with Crippen molar-refractivity contribution in [3.8, 4) is 0 Å². The van der Waals surface area contributed by atoms with Crippen LogP contribution in [0.5, 0.6) is 0 Å². The average molecular weight is 344 g/mol. The molecule has 0 heterocycles. The molecule has 0 bridgehead atoms. The SMILES string of the molecule is Cc1cc(F)cc(C(N)c2ccc(Br)c3ccccc23)c1. The van der Waals surface area contributed by atoms with Gasteiger partial charge in [0, 0.05) is 4.47 Å². The van der Waals surface area contributed by atoms with Crippen LogP contribution in [0.1, 0.15) is 22.7 Å². The molecule has 0 aliphatic rings. The minimum Gasteiger partial charge on any atom is -0.320 e. The number of hydrogen-bond donors (Lipinski definition) is 1. The predicted molar refractivity (Wildman–Crippen MR) is 88.8 cm³/mol. The van der Waals surface area contributed by atoms with Crippen LogP contribution in [0.2, 0.25) is 0 Å². The van der Waals surface area contributed by atoms with E-state index in [0.717, 1.165) is 31.9 Å². The molecule has 1 atom stereocenters. The van der Waals surface area contributed by atoms with E-state index in [0.29, 0.717) is 0 Å². The van der Waals surface area contributed by atoms with E-state index in [1.807, 2.05) is 49.4 Å². The lowest BCUT2D eigenvalue weighted by molar-refractivity contribution is 0.622. The third kappa shape index (κ3) is 2.71. The van der Waals surface area contributed by atoms with Crippen molar-refractivity contribution in [1.82, 2.24) is 0 Å². The molecular formula is C18H15BrFN. The van der Waals surface area contributed by atoms with E-state index in [4.69, 9.17) is 5.73 Å². The molecule has 0 saturated carbocycles. The topological polar surface area (TPSA) is 26.0 Å². The standard InChI is InChI=1S/C18H15BrFN/c1-11-8-12(10-13(20)9-11)18(21)16-6-7-17(19)15-5-3-2-4-14(15)16/h2-10,18H,21H2,1H3. The first-order chi connectivity index (χ1) is 10.1. The van der Waals surface area contributed by atoms with E-state index >= 15 is 0 Å². The highest BCUT2D eigenvalue weighted by atomic mass is 79.9. The summed E-state index contributed by atoms with van der Waals surface area (Å²) in [5.74, 6) is -0.248. The Kier molecular flexibility index (Phi) is 3.79. The van der Waals surface area contributed by atoms with Gasteiger partial charge in [-0.1, -0.05) is 52.3 Å². The Bertz CT molecular complexity index is 793. The zero-order chi connectivity index (χ0) is 15.0. The number of halogens is 2. The van der Waals surface area contributed by atoms with Gasteiger partial charge in [0.15, 0.2) is 0 Å². The fraction of sp³-hybridized carbons (Fsp3) is 0.111. The van der Waals surface area contributed by atoms with Crippen molar-refractivity contribution in [2.24, 2.45) is 5.73 Å². The van der Waals surface area contributed by atoms with Gasteiger partial charge in [0.1, 0.15) is 5.82 Å². The van der Waals surface area contributed by atoms with Crippen LogP contribution in [0.3, 0.4) is 0 Å². The molecule has 0 aliphatic carbocycles. The molecular weight excluding hydrogens is 329 g/mol. The number of benzene rings is 3. The highest BCUT2D eigenvalue weighted by Crippen LogP contribution is 2.32. The quantitative estimate of drug-likeness (QED) is 0.688. The normalized spacial score (nSPS) is 12.6. The van der Waals surface area contributed by atoms with Gasteiger partial charge in [0.2, 0.25) is 0 Å². The van der Waals surface area contributed by atoms with Crippen LogP contribution in [0, 0.1) is 12.7 Å². The van der Waals surface area contributed by atoms with Gasteiger partial charge >= 0.3 is 0 Å². The van der Waals surface area contributed by atoms with Crippen molar-refractivity contribution in [1.29, 1.82) is 0 Å². The summed E-state index contributed by atoms with van der Waals surface area (Å²) in [6, 6.07) is 16.7. The second kappa shape index (κ2) is 5.58. The van der Waals surface area contributed by atoms with Gasteiger partial charge in [0.05, 0.1) is 6.04 Å². The summed E-state index contributed by atoms with van der Waals surface area (Å²) in [7, 11) is 0. The Morgan fingerprint density at radius 3 is 2.43 bits per heavy atom. The first-order valence-electron chi connectivity index (χ1n) is 6.76. The van der Waals surface area contributed by atoms with E-state index in [9.17, 15) is 4.39 Å². The van der Waals surface area contributed by atoms with Gasteiger partial charge in [0.25, 0.3) is 0 Å². The van der Waals surface area contributed by atoms with Crippen molar-refractivity contribution in [2.75, 3.05) is 0 Å². The van der Waals surface area contributed by atoms with E-state index in [1.165, 1.54) is 12.1 Å². The van der Waals surface area contributed by atoms with Gasteiger partial charge in [-0.2, -0.15) is 0 Å². The van der Waals surface area contributed by atoms with E-state index in [-0.39, 0.29) is 11.9 Å². The molecule has 0 aromatic heterocycles. The monoisotopic (exact) mass is 343 g/mol. The molecule has 3 heteroatoms. The van der Waals surface area contributed by atoms with E-state index in [2.05, 4.69) is 15.9 Å². The van der Waals surface area contributed by atoms with Crippen LogP contribution in [0.4, 0.5) is 4.39 Å². The third-order valence-electron chi connectivity index (χ3n) is 3.66. The molecule has 0 aliphatic heterocycles. The van der Waals surface area contributed by atoms with Crippen LogP contribution in [-0.2, 0) is 0 Å². The average Bonchev–Trinajstić information content (AvgIpc) is 2.46. The summed E-state index contributed by atoms with van der Waals surface area (Å²) < 4.78 is 14.7. The molecule has 0 saturated heterocycles. The predicted octanol–water partition coefficient (Wildman–Crippen LogP) is 5.10. The molecule has 1 nitrogen and oxygen atoms in total. The number of aryl methyl sites for hydroxylation is 1. The second-order valence-corrected chi connectivity index (χ2v) is 6.08. The number of nitrogens with two attached hydrogens (primary N) is 1. The maximum atomic E-state index is 13.6. The Labute approximate surface area is 131 Å². The van der Waals surface area contributed by atoms with E-state index in [1.54, 1.807) is 0 Å². The fourth-order valence-corrected chi connectivity index (χ4v) is 3.16. The summed E-state index contributed by atoms with van der Waals surface area (Å²) in [5.41, 5.74) is 9.06. The third-order valence-corrected chi connectivity index (χ3v) is 4.35. The van der Waals surface area contributed by atoms with Crippen molar-refractivity contribution < 1.29 is 4.39 Å². The largest absolute Gasteiger partial charge is 0.320 e. The molecule has 2 N–H and O–H groups in total. The fourth-order valence-electron chi connectivity index (χ4n) is 2.68.